The Morgan fingerprint density at radius 1 is 0.938 bits per heavy atom. The summed E-state index contributed by atoms with van der Waals surface area (Å²) in [5, 5.41) is 0. The fraction of sp³-hybridized carbons (Fsp3) is 0.833. The fourth-order valence-corrected chi connectivity index (χ4v) is 2.15. The zero-order valence-electron chi connectivity index (χ0n) is 10.2. The van der Waals surface area contributed by atoms with E-state index in [1.165, 1.54) is 13.8 Å². The predicted octanol–water partition coefficient (Wildman–Crippen LogP) is 2.06. The van der Waals surface area contributed by atoms with Gasteiger partial charge in [0.25, 0.3) is 0 Å². The quantitative estimate of drug-likeness (QED) is 0.536. The van der Waals surface area contributed by atoms with Crippen LogP contribution in [0.15, 0.2) is 0 Å². The van der Waals surface area contributed by atoms with Crippen molar-refractivity contribution in [2.75, 3.05) is 0 Å². The molecule has 0 N–H and O–H groups in total. The van der Waals surface area contributed by atoms with Gasteiger partial charge in [0.15, 0.2) is 0 Å². The van der Waals surface area contributed by atoms with Gasteiger partial charge in [-0.15, -0.1) is 0 Å². The monoisotopic (exact) mass is 228 g/mol. The first-order valence-corrected chi connectivity index (χ1v) is 5.83. The van der Waals surface area contributed by atoms with E-state index in [-0.39, 0.29) is 24.1 Å². The molecule has 3 unspecified atom stereocenters. The van der Waals surface area contributed by atoms with Crippen LogP contribution in [-0.4, -0.2) is 24.1 Å². The van der Waals surface area contributed by atoms with E-state index in [1.807, 2.05) is 0 Å². The number of carbonyl (C=O) groups excluding carboxylic acids is 2. The molecule has 1 rings (SSSR count). The molecule has 0 heterocycles. The van der Waals surface area contributed by atoms with Gasteiger partial charge in [0, 0.05) is 13.8 Å². The van der Waals surface area contributed by atoms with Gasteiger partial charge in [-0.3, -0.25) is 9.59 Å². The Kier molecular flexibility index (Phi) is 4.77. The Bertz CT molecular complexity index is 262. The Labute approximate surface area is 96.3 Å². The molecule has 1 saturated carbocycles. The largest absolute Gasteiger partial charge is 0.463 e. The van der Waals surface area contributed by atoms with Crippen molar-refractivity contribution in [1.82, 2.24) is 0 Å². The summed E-state index contributed by atoms with van der Waals surface area (Å²) in [6.07, 6.45) is 3.30. The molecule has 4 nitrogen and oxygen atoms in total. The van der Waals surface area contributed by atoms with Gasteiger partial charge in [0.2, 0.25) is 0 Å². The van der Waals surface area contributed by atoms with Gasteiger partial charge in [0.1, 0.15) is 12.2 Å². The third kappa shape index (κ3) is 4.21. The Morgan fingerprint density at radius 3 is 2.06 bits per heavy atom. The zero-order chi connectivity index (χ0) is 12.1. The van der Waals surface area contributed by atoms with Crippen LogP contribution in [0.4, 0.5) is 0 Å². The molecule has 1 aliphatic rings. The number of hydrogen-bond acceptors (Lipinski definition) is 4. The molecule has 0 aromatic rings. The van der Waals surface area contributed by atoms with Crippen LogP contribution < -0.4 is 0 Å². The molecule has 0 radical (unpaired) electrons. The maximum atomic E-state index is 10.9. The van der Waals surface area contributed by atoms with Crippen molar-refractivity contribution >= 4 is 11.9 Å². The van der Waals surface area contributed by atoms with E-state index >= 15 is 0 Å². The van der Waals surface area contributed by atoms with Crippen LogP contribution in [0.25, 0.3) is 0 Å². The van der Waals surface area contributed by atoms with Gasteiger partial charge in [0.05, 0.1) is 0 Å². The van der Waals surface area contributed by atoms with E-state index in [4.69, 9.17) is 9.47 Å². The first-order chi connectivity index (χ1) is 7.49. The lowest BCUT2D eigenvalue weighted by atomic mass is 10.00. The molecule has 3 atom stereocenters. The molecular weight excluding hydrogens is 208 g/mol. The second kappa shape index (κ2) is 5.87. The SMILES string of the molecule is CC(=O)OC1CCC(C)C(OC(C)=O)CC1. The lowest BCUT2D eigenvalue weighted by Crippen LogP contribution is -2.23. The lowest BCUT2D eigenvalue weighted by Gasteiger charge is -2.20. The van der Waals surface area contributed by atoms with Crippen LogP contribution in [0.3, 0.4) is 0 Å². The normalized spacial score (nSPS) is 30.3. The summed E-state index contributed by atoms with van der Waals surface area (Å²) >= 11 is 0. The highest BCUT2D eigenvalue weighted by Gasteiger charge is 2.27. The van der Waals surface area contributed by atoms with E-state index < -0.39 is 0 Å². The zero-order valence-corrected chi connectivity index (χ0v) is 10.2. The molecule has 1 fully saturated rings. The van der Waals surface area contributed by atoms with Crippen LogP contribution in [-0.2, 0) is 19.1 Å². The van der Waals surface area contributed by atoms with Crippen molar-refractivity contribution in [3.05, 3.63) is 0 Å². The van der Waals surface area contributed by atoms with Crippen molar-refractivity contribution in [3.63, 3.8) is 0 Å². The van der Waals surface area contributed by atoms with E-state index in [0.29, 0.717) is 5.92 Å². The molecule has 92 valence electrons. The van der Waals surface area contributed by atoms with E-state index in [0.717, 1.165) is 25.7 Å². The molecule has 4 heteroatoms. The highest BCUT2D eigenvalue weighted by molar-refractivity contribution is 5.66. The van der Waals surface area contributed by atoms with Gasteiger partial charge < -0.3 is 9.47 Å². The smallest absolute Gasteiger partial charge is 0.302 e. The Balaban J connectivity index is 2.48. The maximum Gasteiger partial charge on any atom is 0.302 e. The summed E-state index contributed by atoms with van der Waals surface area (Å²) in [4.78, 5) is 21.8. The second-order valence-corrected chi connectivity index (χ2v) is 4.51. The van der Waals surface area contributed by atoms with Crippen LogP contribution in [0.2, 0.25) is 0 Å². The fourth-order valence-electron chi connectivity index (χ4n) is 2.15. The van der Waals surface area contributed by atoms with Crippen LogP contribution >= 0.6 is 0 Å². The number of carbonyl (C=O) groups is 2. The van der Waals surface area contributed by atoms with E-state index in [2.05, 4.69) is 6.92 Å². The summed E-state index contributed by atoms with van der Waals surface area (Å²) in [6, 6.07) is 0. The number of esters is 2. The molecule has 1 aliphatic carbocycles. The van der Waals surface area contributed by atoms with Crippen LogP contribution in [0.5, 0.6) is 0 Å². The molecule has 0 aromatic carbocycles. The molecule has 16 heavy (non-hydrogen) atoms. The number of ether oxygens (including phenoxy) is 2. The maximum absolute atomic E-state index is 10.9. The summed E-state index contributed by atoms with van der Waals surface area (Å²) in [5.41, 5.74) is 0. The van der Waals surface area contributed by atoms with Crippen molar-refractivity contribution in [3.8, 4) is 0 Å². The molecule has 0 aliphatic heterocycles. The minimum Gasteiger partial charge on any atom is -0.463 e. The van der Waals surface area contributed by atoms with Gasteiger partial charge >= 0.3 is 11.9 Å². The molecule has 0 bridgehead atoms. The van der Waals surface area contributed by atoms with Gasteiger partial charge in [-0.05, 0) is 31.6 Å². The number of rotatable bonds is 2. The van der Waals surface area contributed by atoms with E-state index in [9.17, 15) is 9.59 Å². The Hall–Kier alpha value is -1.06. The molecule has 0 aromatic heterocycles. The van der Waals surface area contributed by atoms with Gasteiger partial charge in [-0.1, -0.05) is 6.92 Å². The minimum absolute atomic E-state index is 0.0134. The van der Waals surface area contributed by atoms with E-state index in [1.54, 1.807) is 0 Å². The third-order valence-corrected chi connectivity index (χ3v) is 3.00. The minimum atomic E-state index is -0.234. The first-order valence-electron chi connectivity index (χ1n) is 5.83. The molecule has 0 spiro atoms. The number of hydrogen-bond donors (Lipinski definition) is 0. The van der Waals surface area contributed by atoms with Crippen LogP contribution in [0.1, 0.15) is 46.5 Å². The highest BCUT2D eigenvalue weighted by atomic mass is 16.5. The average molecular weight is 228 g/mol. The summed E-state index contributed by atoms with van der Waals surface area (Å²) in [5.74, 6) is -0.129. The average Bonchev–Trinajstić information content (AvgIpc) is 2.31. The van der Waals surface area contributed by atoms with Gasteiger partial charge in [-0.2, -0.15) is 0 Å². The Morgan fingerprint density at radius 2 is 1.50 bits per heavy atom. The first kappa shape index (κ1) is 13.0. The topological polar surface area (TPSA) is 52.6 Å². The highest BCUT2D eigenvalue weighted by Crippen LogP contribution is 2.27. The predicted molar refractivity (Wildman–Crippen MR) is 58.7 cm³/mol. The van der Waals surface area contributed by atoms with Gasteiger partial charge in [-0.25, -0.2) is 0 Å². The standard InChI is InChI=1S/C12H20O4/c1-8-4-5-11(15-9(2)13)6-7-12(8)16-10(3)14/h8,11-12H,4-7H2,1-3H3. The summed E-state index contributed by atoms with van der Waals surface area (Å²) < 4.78 is 10.5. The van der Waals surface area contributed by atoms with Crippen LogP contribution in [0, 0.1) is 5.92 Å². The summed E-state index contributed by atoms with van der Waals surface area (Å²) in [7, 11) is 0. The molecule has 0 amide bonds. The van der Waals surface area contributed by atoms with Crippen molar-refractivity contribution in [2.45, 2.75) is 58.7 Å². The second-order valence-electron chi connectivity index (χ2n) is 4.51. The summed E-state index contributed by atoms with van der Waals surface area (Å²) in [6.45, 7) is 4.93. The van der Waals surface area contributed by atoms with Crippen molar-refractivity contribution in [1.29, 1.82) is 0 Å². The van der Waals surface area contributed by atoms with Crippen molar-refractivity contribution < 1.29 is 19.1 Å². The molecular formula is C12H20O4. The molecule has 0 saturated heterocycles. The van der Waals surface area contributed by atoms with Crippen molar-refractivity contribution in [2.24, 2.45) is 5.92 Å². The third-order valence-electron chi connectivity index (χ3n) is 3.00. The lowest BCUT2D eigenvalue weighted by molar-refractivity contribution is -0.150.